The molecule has 3 rings (SSSR count). The van der Waals surface area contributed by atoms with E-state index in [1.54, 1.807) is 0 Å². The molecule has 1 amide bonds. The number of hydrogen-bond acceptors (Lipinski definition) is 2. The second-order valence-corrected chi connectivity index (χ2v) is 7.50. The molecule has 0 bridgehead atoms. The first-order valence-electron chi connectivity index (χ1n) is 8.07. The minimum Gasteiger partial charge on any atom is -0.381 e. The highest BCUT2D eigenvalue weighted by atomic mass is 79.9. The molecule has 1 fully saturated rings. The Morgan fingerprint density at radius 3 is 2.52 bits per heavy atom. The van der Waals surface area contributed by atoms with Crippen LogP contribution in [0.4, 0.5) is 4.39 Å². The van der Waals surface area contributed by atoms with Crippen LogP contribution in [0, 0.1) is 5.82 Å². The summed E-state index contributed by atoms with van der Waals surface area (Å²) < 4.78 is 19.2. The summed E-state index contributed by atoms with van der Waals surface area (Å²) in [6.07, 6.45) is 1.64. The molecular formula is C19H18BrClFNO2. The van der Waals surface area contributed by atoms with Gasteiger partial charge in [-0.3, -0.25) is 4.79 Å². The summed E-state index contributed by atoms with van der Waals surface area (Å²) in [6.45, 7) is 1.79. The SMILES string of the molecule is O=C(NCC1(c2ccc(Cl)cc2)CCOCC1)c1ccc(F)cc1Br. The van der Waals surface area contributed by atoms with Gasteiger partial charge in [0.2, 0.25) is 0 Å². The molecule has 0 spiro atoms. The highest BCUT2D eigenvalue weighted by Gasteiger charge is 2.35. The number of amides is 1. The van der Waals surface area contributed by atoms with Crippen molar-refractivity contribution in [3.63, 3.8) is 0 Å². The molecule has 132 valence electrons. The lowest BCUT2D eigenvalue weighted by Crippen LogP contribution is -2.44. The number of carbonyl (C=O) groups excluding carboxylic acids is 1. The lowest BCUT2D eigenvalue weighted by Gasteiger charge is -2.38. The van der Waals surface area contributed by atoms with E-state index in [2.05, 4.69) is 21.2 Å². The number of halogens is 3. The minimum atomic E-state index is -0.384. The number of ether oxygens (including phenoxy) is 1. The molecule has 1 saturated heterocycles. The Morgan fingerprint density at radius 2 is 1.88 bits per heavy atom. The molecule has 0 radical (unpaired) electrons. The predicted octanol–water partition coefficient (Wildman–Crippen LogP) is 4.72. The third kappa shape index (κ3) is 4.22. The first-order chi connectivity index (χ1) is 12.0. The molecule has 2 aromatic carbocycles. The van der Waals surface area contributed by atoms with E-state index >= 15 is 0 Å². The van der Waals surface area contributed by atoms with E-state index in [1.807, 2.05) is 24.3 Å². The van der Waals surface area contributed by atoms with Crippen molar-refractivity contribution in [3.8, 4) is 0 Å². The third-order valence-corrected chi connectivity index (χ3v) is 5.58. The number of rotatable bonds is 4. The average molecular weight is 427 g/mol. The van der Waals surface area contributed by atoms with E-state index in [0.29, 0.717) is 34.8 Å². The third-order valence-electron chi connectivity index (χ3n) is 4.67. The summed E-state index contributed by atoms with van der Waals surface area (Å²) in [6, 6.07) is 11.8. The van der Waals surface area contributed by atoms with Crippen LogP contribution < -0.4 is 5.32 Å². The van der Waals surface area contributed by atoms with Crippen LogP contribution in [-0.2, 0) is 10.2 Å². The van der Waals surface area contributed by atoms with Gasteiger partial charge in [0.05, 0.1) is 5.56 Å². The molecule has 6 heteroatoms. The fourth-order valence-electron chi connectivity index (χ4n) is 3.15. The lowest BCUT2D eigenvalue weighted by atomic mass is 9.74. The molecule has 3 nitrogen and oxygen atoms in total. The Labute approximate surface area is 159 Å². The number of nitrogens with one attached hydrogen (secondary N) is 1. The van der Waals surface area contributed by atoms with Gasteiger partial charge in [-0.1, -0.05) is 23.7 Å². The Bertz CT molecular complexity index is 761. The van der Waals surface area contributed by atoms with Gasteiger partial charge in [-0.05, 0) is 64.7 Å². The summed E-state index contributed by atoms with van der Waals surface area (Å²) >= 11 is 9.25. The molecule has 2 aromatic rings. The summed E-state index contributed by atoms with van der Waals surface area (Å²) in [5.74, 6) is -0.614. The quantitative estimate of drug-likeness (QED) is 0.768. The van der Waals surface area contributed by atoms with E-state index < -0.39 is 0 Å². The number of benzene rings is 2. The fraction of sp³-hybridized carbons (Fsp3) is 0.316. The smallest absolute Gasteiger partial charge is 0.252 e. The molecule has 0 unspecified atom stereocenters. The molecule has 1 N–H and O–H groups in total. The Balaban J connectivity index is 1.79. The molecule has 0 aromatic heterocycles. The van der Waals surface area contributed by atoms with Crippen LogP contribution in [0.15, 0.2) is 46.9 Å². The molecule has 1 heterocycles. The topological polar surface area (TPSA) is 38.3 Å². The van der Waals surface area contributed by atoms with Gasteiger partial charge in [-0.2, -0.15) is 0 Å². The van der Waals surface area contributed by atoms with E-state index in [0.717, 1.165) is 18.4 Å². The van der Waals surface area contributed by atoms with Gasteiger partial charge in [0.1, 0.15) is 5.82 Å². The van der Waals surface area contributed by atoms with Gasteiger partial charge in [0.15, 0.2) is 0 Å². The van der Waals surface area contributed by atoms with Gasteiger partial charge >= 0.3 is 0 Å². The first kappa shape index (κ1) is 18.4. The molecule has 0 saturated carbocycles. The maximum absolute atomic E-state index is 13.2. The van der Waals surface area contributed by atoms with Crippen molar-refractivity contribution in [1.29, 1.82) is 0 Å². The zero-order chi connectivity index (χ0) is 17.9. The summed E-state index contributed by atoms with van der Waals surface area (Å²) in [4.78, 5) is 12.5. The van der Waals surface area contributed by atoms with Crippen LogP contribution in [0.1, 0.15) is 28.8 Å². The molecule has 25 heavy (non-hydrogen) atoms. The van der Waals surface area contributed by atoms with E-state index in [4.69, 9.17) is 16.3 Å². The largest absolute Gasteiger partial charge is 0.381 e. The highest BCUT2D eigenvalue weighted by molar-refractivity contribution is 9.10. The highest BCUT2D eigenvalue weighted by Crippen LogP contribution is 2.35. The Hall–Kier alpha value is -1.43. The first-order valence-corrected chi connectivity index (χ1v) is 9.24. The van der Waals surface area contributed by atoms with Gasteiger partial charge in [-0.25, -0.2) is 4.39 Å². The summed E-state index contributed by atoms with van der Waals surface area (Å²) in [5.41, 5.74) is 1.36. The molecule has 1 aliphatic rings. The van der Waals surface area contributed by atoms with Gasteiger partial charge < -0.3 is 10.1 Å². The average Bonchev–Trinajstić information content (AvgIpc) is 2.61. The second-order valence-electron chi connectivity index (χ2n) is 6.21. The second kappa shape index (κ2) is 7.85. The maximum atomic E-state index is 13.2. The maximum Gasteiger partial charge on any atom is 0.252 e. The van der Waals surface area contributed by atoms with Crippen LogP contribution in [0.3, 0.4) is 0 Å². The van der Waals surface area contributed by atoms with Gasteiger partial charge in [0, 0.05) is 34.7 Å². The predicted molar refractivity (Wildman–Crippen MR) is 99.6 cm³/mol. The summed E-state index contributed by atoms with van der Waals surface area (Å²) in [5, 5.41) is 3.69. The van der Waals surface area contributed by atoms with E-state index in [1.165, 1.54) is 18.2 Å². The zero-order valence-electron chi connectivity index (χ0n) is 13.5. The van der Waals surface area contributed by atoms with Crippen LogP contribution in [-0.4, -0.2) is 25.7 Å². The van der Waals surface area contributed by atoms with Gasteiger partial charge in [-0.15, -0.1) is 0 Å². The number of hydrogen-bond donors (Lipinski definition) is 1. The van der Waals surface area contributed by atoms with Crippen LogP contribution in [0.2, 0.25) is 5.02 Å². The van der Waals surface area contributed by atoms with Gasteiger partial charge in [0.25, 0.3) is 5.91 Å². The normalized spacial score (nSPS) is 16.4. The molecule has 1 aliphatic heterocycles. The lowest BCUT2D eigenvalue weighted by molar-refractivity contribution is 0.0487. The monoisotopic (exact) mass is 425 g/mol. The van der Waals surface area contributed by atoms with Crippen molar-refractivity contribution >= 4 is 33.4 Å². The van der Waals surface area contributed by atoms with E-state index in [-0.39, 0.29) is 17.1 Å². The van der Waals surface area contributed by atoms with Crippen molar-refractivity contribution in [1.82, 2.24) is 5.32 Å². The van der Waals surface area contributed by atoms with E-state index in [9.17, 15) is 9.18 Å². The van der Waals surface area contributed by atoms with Crippen LogP contribution in [0.5, 0.6) is 0 Å². The molecule has 0 atom stereocenters. The van der Waals surface area contributed by atoms with Crippen LogP contribution >= 0.6 is 27.5 Å². The Kier molecular flexibility index (Phi) is 5.77. The van der Waals surface area contributed by atoms with Crippen molar-refractivity contribution in [2.45, 2.75) is 18.3 Å². The molecular weight excluding hydrogens is 409 g/mol. The number of carbonyl (C=O) groups is 1. The zero-order valence-corrected chi connectivity index (χ0v) is 15.9. The van der Waals surface area contributed by atoms with Crippen molar-refractivity contribution < 1.29 is 13.9 Å². The minimum absolute atomic E-state index is 0.189. The summed E-state index contributed by atoms with van der Waals surface area (Å²) in [7, 11) is 0. The molecule has 0 aliphatic carbocycles. The van der Waals surface area contributed by atoms with Crippen molar-refractivity contribution in [3.05, 3.63) is 68.9 Å². The Morgan fingerprint density at radius 1 is 1.20 bits per heavy atom. The fourth-order valence-corrected chi connectivity index (χ4v) is 3.81. The standard InChI is InChI=1S/C19H18BrClFNO2/c20-17-11-15(22)5-6-16(17)18(24)23-12-19(7-9-25-10-8-19)13-1-3-14(21)4-2-13/h1-6,11H,7-10,12H2,(H,23,24). The van der Waals surface area contributed by atoms with Crippen LogP contribution in [0.25, 0.3) is 0 Å². The van der Waals surface area contributed by atoms with Crippen molar-refractivity contribution in [2.24, 2.45) is 0 Å². The van der Waals surface area contributed by atoms with Crippen molar-refractivity contribution in [2.75, 3.05) is 19.8 Å².